The average molecular weight is 549 g/mol. The molecule has 0 unspecified atom stereocenters. The Hall–Kier alpha value is -5.42. The number of benzene rings is 4. The van der Waals surface area contributed by atoms with Crippen LogP contribution in [0.1, 0.15) is 41.4 Å². The molecule has 11 heteroatoms. The van der Waals surface area contributed by atoms with E-state index < -0.39 is 35.4 Å². The first-order valence-corrected chi connectivity index (χ1v) is 11.5. The monoisotopic (exact) mass is 548 g/mol. The van der Waals surface area contributed by atoms with Crippen molar-refractivity contribution in [2.75, 3.05) is 0 Å². The Labute approximate surface area is 225 Å². The number of aromatic carboxylic acids is 4. The van der Waals surface area contributed by atoms with Gasteiger partial charge >= 0.3 is 35.4 Å². The highest BCUT2D eigenvalue weighted by molar-refractivity contribution is 7.51. The summed E-state index contributed by atoms with van der Waals surface area (Å²) in [5, 5.41) is 35.1. The van der Waals surface area contributed by atoms with E-state index in [0.717, 1.165) is 22.3 Å². The molecule has 4 aromatic carbocycles. The topological polar surface area (TPSA) is 183 Å². The molecule has 0 heterocycles. The molecule has 0 fully saturated rings. The normalized spacial score (nSPS) is 9.54. The van der Waals surface area contributed by atoms with Gasteiger partial charge in [0.05, 0.1) is 22.3 Å². The highest BCUT2D eigenvalue weighted by Gasteiger charge is 2.06. The summed E-state index contributed by atoms with van der Waals surface area (Å²) in [6, 6.07) is 25.7. The van der Waals surface area contributed by atoms with Crippen LogP contribution in [0.5, 0.6) is 0 Å². The summed E-state index contributed by atoms with van der Waals surface area (Å²) < 4.78 is 16.6. The summed E-state index contributed by atoms with van der Waals surface area (Å²) in [5.41, 5.74) is 4.27. The van der Waals surface area contributed by atoms with Crippen LogP contribution < -0.4 is 0 Å². The zero-order chi connectivity index (χ0) is 28.9. The molecule has 0 aromatic heterocycles. The van der Waals surface area contributed by atoms with Crippen LogP contribution in [0.25, 0.3) is 22.3 Å². The number of hydrogen-bond acceptors (Lipinski definition) is 6. The fourth-order valence-corrected chi connectivity index (χ4v) is 3.22. The molecule has 10 nitrogen and oxygen atoms in total. The Morgan fingerprint density at radius 2 is 0.487 bits per heavy atom. The van der Waals surface area contributed by atoms with E-state index in [1.807, 2.05) is 0 Å². The Bertz CT molecular complexity index is 1260. The summed E-state index contributed by atoms with van der Waals surface area (Å²) in [4.78, 5) is 42.8. The number of hydrogen-bond donors (Lipinski definition) is 4. The molecule has 4 N–H and O–H groups in total. The fraction of sp³-hybridized carbons (Fsp3) is 0. The first-order chi connectivity index (χ1) is 18.6. The van der Waals surface area contributed by atoms with E-state index in [0.29, 0.717) is 0 Å². The van der Waals surface area contributed by atoms with Gasteiger partial charge in [-0.25, -0.2) is 19.2 Å². The van der Waals surface area contributed by atoms with E-state index in [2.05, 4.69) is 0 Å². The minimum Gasteiger partial charge on any atom is -0.478 e. The van der Waals surface area contributed by atoms with Crippen LogP contribution in [0.4, 0.5) is 0 Å². The molecule has 0 spiro atoms. The summed E-state index contributed by atoms with van der Waals surface area (Å²) in [6.45, 7) is 0. The van der Waals surface area contributed by atoms with Crippen LogP contribution >= 0.6 is 0 Å². The fourth-order valence-electron chi connectivity index (χ4n) is 3.22. The molecule has 0 saturated heterocycles. The van der Waals surface area contributed by atoms with Gasteiger partial charge in [0.2, 0.25) is 0 Å². The minimum absolute atomic E-state index is 0.223. The third kappa shape index (κ3) is 8.88. The molecule has 0 aliphatic carbocycles. The van der Waals surface area contributed by atoms with Gasteiger partial charge in [0.1, 0.15) is 0 Å². The van der Waals surface area contributed by atoms with Gasteiger partial charge in [0, 0.05) is 0 Å². The smallest absolute Gasteiger partial charge is 0.335 e. The van der Waals surface area contributed by atoms with E-state index in [4.69, 9.17) is 28.8 Å². The molecule has 0 aliphatic rings. The standard InChI is InChI=1S/2C14H10O4.O2S/c2*15-13(16)11-5-1-9(2-6-11)10-3-7-12(8-4-10)14(17)18;1-3-2/h2*1-8H,(H,15,16)(H,17,18);. The first kappa shape index (κ1) is 29.8. The predicted molar refractivity (Wildman–Crippen MR) is 141 cm³/mol. The van der Waals surface area contributed by atoms with Gasteiger partial charge in [0.15, 0.2) is 0 Å². The molecule has 4 aromatic rings. The van der Waals surface area contributed by atoms with Gasteiger partial charge in [-0.05, 0) is 70.8 Å². The Balaban J connectivity index is 0.000000249. The molecule has 0 radical (unpaired) electrons. The van der Waals surface area contributed by atoms with Crippen molar-refractivity contribution in [3.63, 3.8) is 0 Å². The molecule has 0 aliphatic heterocycles. The average Bonchev–Trinajstić information content (AvgIpc) is 2.94. The van der Waals surface area contributed by atoms with Crippen LogP contribution in [0.2, 0.25) is 0 Å². The van der Waals surface area contributed by atoms with Crippen LogP contribution in [0.3, 0.4) is 0 Å². The second-order valence-corrected chi connectivity index (χ2v) is 7.73. The maximum atomic E-state index is 10.7. The number of carboxylic acid groups (broad SMARTS) is 4. The zero-order valence-electron chi connectivity index (χ0n) is 19.9. The van der Waals surface area contributed by atoms with E-state index in [1.54, 1.807) is 48.5 Å². The van der Waals surface area contributed by atoms with Crippen LogP contribution in [0.15, 0.2) is 97.1 Å². The zero-order valence-corrected chi connectivity index (χ0v) is 20.7. The van der Waals surface area contributed by atoms with E-state index >= 15 is 0 Å². The second kappa shape index (κ2) is 14.4. The lowest BCUT2D eigenvalue weighted by Gasteiger charge is -2.03. The van der Waals surface area contributed by atoms with Crippen molar-refractivity contribution in [3.05, 3.63) is 119 Å². The lowest BCUT2D eigenvalue weighted by atomic mass is 10.0. The third-order valence-electron chi connectivity index (χ3n) is 5.19. The van der Waals surface area contributed by atoms with Gasteiger partial charge in [-0.15, -0.1) is 0 Å². The molecular weight excluding hydrogens is 528 g/mol. The highest BCUT2D eigenvalue weighted by atomic mass is 32.1. The predicted octanol–water partition coefficient (Wildman–Crippen LogP) is 4.83. The summed E-state index contributed by atoms with van der Waals surface area (Å²) in [7, 11) is 0. The first-order valence-electron chi connectivity index (χ1n) is 10.8. The van der Waals surface area contributed by atoms with Crippen LogP contribution in [-0.4, -0.2) is 52.7 Å². The molecule has 39 heavy (non-hydrogen) atoms. The summed E-state index contributed by atoms with van der Waals surface area (Å²) in [5.74, 6) is -3.88. The molecule has 0 amide bonds. The molecular formula is C28H20O10S. The molecule has 0 atom stereocenters. The van der Waals surface area contributed by atoms with Gasteiger partial charge < -0.3 is 20.4 Å². The summed E-state index contributed by atoms with van der Waals surface area (Å²) in [6.07, 6.45) is 0. The largest absolute Gasteiger partial charge is 0.478 e. The Kier molecular flexibility index (Phi) is 11.0. The maximum Gasteiger partial charge on any atom is 0.335 e. The maximum absolute atomic E-state index is 10.7. The van der Waals surface area contributed by atoms with Gasteiger partial charge in [-0.3, -0.25) is 0 Å². The van der Waals surface area contributed by atoms with Crippen molar-refractivity contribution >= 4 is 35.4 Å². The van der Waals surface area contributed by atoms with Crippen LogP contribution in [0, 0.1) is 0 Å². The lowest BCUT2D eigenvalue weighted by molar-refractivity contribution is 0.0686. The number of carboxylic acids is 4. The van der Waals surface area contributed by atoms with Gasteiger partial charge in [-0.1, -0.05) is 48.5 Å². The van der Waals surface area contributed by atoms with Crippen molar-refractivity contribution < 1.29 is 48.0 Å². The SMILES string of the molecule is O=C(O)c1ccc(-c2ccc(C(=O)O)cc2)cc1.O=C(O)c1ccc(-c2ccc(C(=O)O)cc2)cc1.O=S=O. The van der Waals surface area contributed by atoms with E-state index in [9.17, 15) is 19.2 Å². The van der Waals surface area contributed by atoms with Gasteiger partial charge in [0.25, 0.3) is 0 Å². The highest BCUT2D eigenvalue weighted by Crippen LogP contribution is 2.21. The Morgan fingerprint density at radius 1 is 0.359 bits per heavy atom. The Morgan fingerprint density at radius 3 is 0.590 bits per heavy atom. The van der Waals surface area contributed by atoms with Crippen molar-refractivity contribution in [2.24, 2.45) is 0 Å². The molecule has 0 bridgehead atoms. The van der Waals surface area contributed by atoms with E-state index in [1.165, 1.54) is 48.5 Å². The molecule has 198 valence electrons. The van der Waals surface area contributed by atoms with Crippen molar-refractivity contribution in [3.8, 4) is 22.3 Å². The van der Waals surface area contributed by atoms with Gasteiger partial charge in [-0.2, -0.15) is 8.42 Å². The van der Waals surface area contributed by atoms with Crippen molar-refractivity contribution in [2.45, 2.75) is 0 Å². The lowest BCUT2D eigenvalue weighted by Crippen LogP contribution is -1.96. The third-order valence-corrected chi connectivity index (χ3v) is 5.19. The van der Waals surface area contributed by atoms with E-state index in [-0.39, 0.29) is 22.3 Å². The van der Waals surface area contributed by atoms with Crippen LogP contribution in [-0.2, 0) is 11.6 Å². The minimum atomic E-state index is -0.970. The molecule has 4 rings (SSSR count). The number of rotatable bonds is 6. The van der Waals surface area contributed by atoms with Crippen molar-refractivity contribution in [1.29, 1.82) is 0 Å². The second-order valence-electron chi connectivity index (χ2n) is 7.60. The summed E-state index contributed by atoms with van der Waals surface area (Å²) >= 11 is -0.750. The van der Waals surface area contributed by atoms with Crippen molar-refractivity contribution in [1.82, 2.24) is 0 Å². The quantitative estimate of drug-likeness (QED) is 0.260. The molecule has 0 saturated carbocycles. The number of carbonyl (C=O) groups is 4.